The molecule has 182 valence electrons. The van der Waals surface area contributed by atoms with E-state index in [4.69, 9.17) is 0 Å². The van der Waals surface area contributed by atoms with Gasteiger partial charge in [-0.3, -0.25) is 14.6 Å². The van der Waals surface area contributed by atoms with Crippen LogP contribution in [0.2, 0.25) is 5.31 Å². The molecular weight excluding hydrogens is 427 g/mol. The van der Waals surface area contributed by atoms with E-state index in [9.17, 15) is 14.7 Å². The van der Waals surface area contributed by atoms with Crippen molar-refractivity contribution in [3.63, 3.8) is 0 Å². The lowest BCUT2D eigenvalue weighted by Crippen LogP contribution is -2.53. The van der Waals surface area contributed by atoms with Crippen LogP contribution in [-0.2, 0) is 11.2 Å². The molecule has 2 amide bonds. The number of allylic oxidation sites excluding steroid dienone is 1. The summed E-state index contributed by atoms with van der Waals surface area (Å²) in [6.45, 7) is 10.1. The van der Waals surface area contributed by atoms with Crippen LogP contribution in [0.3, 0.4) is 0 Å². The van der Waals surface area contributed by atoms with Crippen molar-refractivity contribution in [2.45, 2.75) is 70.9 Å². The predicted molar refractivity (Wildman–Crippen MR) is 137 cm³/mol. The average Bonchev–Trinajstić information content (AvgIpc) is 2.78. The van der Waals surface area contributed by atoms with Crippen molar-refractivity contribution < 1.29 is 14.7 Å². The highest BCUT2D eigenvalue weighted by Gasteiger charge is 2.29. The zero-order chi connectivity index (χ0) is 25.1. The number of nitrogens with zero attached hydrogens (tertiary/aromatic N) is 2. The molecule has 3 atom stereocenters. The van der Waals surface area contributed by atoms with Gasteiger partial charge in [0.2, 0.25) is 5.91 Å². The van der Waals surface area contributed by atoms with Crippen LogP contribution in [0.4, 0.5) is 0 Å². The molecule has 1 heterocycles. The Morgan fingerprint density at radius 2 is 1.82 bits per heavy atom. The van der Waals surface area contributed by atoms with E-state index in [1.807, 2.05) is 36.4 Å². The SMILES string of the molecule is CC(O)C=CC(C)(C)B[C@H](CC(C)C)NC(=O)[C@H](Cc1ccccc1)NC(=O)c1cnccn1. The third-order valence-corrected chi connectivity index (χ3v) is 5.40. The second-order valence-electron chi connectivity index (χ2n) is 9.93. The van der Waals surface area contributed by atoms with Crippen molar-refractivity contribution >= 4 is 19.1 Å². The second kappa shape index (κ2) is 13.0. The van der Waals surface area contributed by atoms with E-state index < -0.39 is 18.1 Å². The van der Waals surface area contributed by atoms with Crippen LogP contribution >= 0.6 is 0 Å². The van der Waals surface area contributed by atoms with Gasteiger partial charge in [0, 0.05) is 24.8 Å². The number of hydrogen-bond acceptors (Lipinski definition) is 5. The van der Waals surface area contributed by atoms with E-state index in [2.05, 4.69) is 48.3 Å². The van der Waals surface area contributed by atoms with Gasteiger partial charge in [-0.05, 0) is 30.1 Å². The highest BCUT2D eigenvalue weighted by Crippen LogP contribution is 2.27. The molecule has 0 aliphatic rings. The molecule has 0 aliphatic carbocycles. The van der Waals surface area contributed by atoms with Gasteiger partial charge >= 0.3 is 0 Å². The van der Waals surface area contributed by atoms with Gasteiger partial charge in [-0.1, -0.05) is 70.2 Å². The number of amides is 2. The number of aliphatic hydroxyl groups excluding tert-OH is 1. The van der Waals surface area contributed by atoms with Gasteiger partial charge in [0.05, 0.1) is 12.3 Å². The third kappa shape index (κ3) is 9.87. The minimum atomic E-state index is -0.761. The molecule has 0 bridgehead atoms. The first-order valence-electron chi connectivity index (χ1n) is 11.8. The van der Waals surface area contributed by atoms with Crippen molar-refractivity contribution in [3.05, 3.63) is 72.3 Å². The fourth-order valence-corrected chi connectivity index (χ4v) is 3.87. The number of rotatable bonds is 12. The standard InChI is InChI=1S/C26H37BN4O3/c1-18(2)15-23(27-26(4,5)12-11-19(3)32)31-24(33)21(16-20-9-7-6-8-10-20)30-25(34)22-17-28-13-14-29-22/h6-14,17-19,21,23,27,32H,15-16H2,1-5H3,(H,30,34)(H,31,33)/t19?,21-,23-/m0/s1. The van der Waals surface area contributed by atoms with Crippen molar-refractivity contribution in [3.8, 4) is 0 Å². The van der Waals surface area contributed by atoms with Crippen LogP contribution in [-0.4, -0.2) is 52.3 Å². The molecule has 1 aromatic carbocycles. The third-order valence-electron chi connectivity index (χ3n) is 5.40. The summed E-state index contributed by atoms with van der Waals surface area (Å²) in [6.07, 6.45) is 8.72. The molecule has 1 unspecified atom stereocenters. The molecule has 8 heteroatoms. The first kappa shape index (κ1) is 27.3. The van der Waals surface area contributed by atoms with Crippen molar-refractivity contribution in [1.82, 2.24) is 20.6 Å². The molecule has 0 saturated heterocycles. The Labute approximate surface area is 203 Å². The molecule has 2 aromatic rings. The van der Waals surface area contributed by atoms with Crippen LogP contribution in [0.25, 0.3) is 0 Å². The molecule has 0 spiro atoms. The number of nitrogens with one attached hydrogen (secondary N) is 2. The van der Waals surface area contributed by atoms with Crippen LogP contribution in [0.15, 0.2) is 61.1 Å². The molecule has 7 nitrogen and oxygen atoms in total. The summed E-state index contributed by atoms with van der Waals surface area (Å²) < 4.78 is 0. The Morgan fingerprint density at radius 1 is 1.12 bits per heavy atom. The lowest BCUT2D eigenvalue weighted by molar-refractivity contribution is -0.123. The molecule has 0 saturated carbocycles. The Kier molecular flexibility index (Phi) is 10.4. The second-order valence-corrected chi connectivity index (χ2v) is 9.93. The zero-order valence-electron chi connectivity index (χ0n) is 20.9. The maximum atomic E-state index is 13.4. The fraction of sp³-hybridized carbons (Fsp3) is 0.462. The number of hydrogen-bond donors (Lipinski definition) is 3. The molecule has 34 heavy (non-hydrogen) atoms. The molecule has 0 fully saturated rings. The van der Waals surface area contributed by atoms with Gasteiger partial charge in [-0.15, -0.1) is 0 Å². The van der Waals surface area contributed by atoms with Crippen LogP contribution in [0.5, 0.6) is 0 Å². The quantitative estimate of drug-likeness (QED) is 0.331. The van der Waals surface area contributed by atoms with Crippen LogP contribution in [0, 0.1) is 5.92 Å². The maximum absolute atomic E-state index is 13.4. The fourth-order valence-electron chi connectivity index (χ4n) is 3.87. The predicted octanol–water partition coefficient (Wildman–Crippen LogP) is 2.88. The smallest absolute Gasteiger partial charge is 0.272 e. The Hall–Kier alpha value is -3.00. The first-order valence-corrected chi connectivity index (χ1v) is 11.8. The summed E-state index contributed by atoms with van der Waals surface area (Å²) in [7, 11) is 0.705. The Bertz CT molecular complexity index is 934. The van der Waals surface area contributed by atoms with E-state index in [0.29, 0.717) is 19.6 Å². The van der Waals surface area contributed by atoms with E-state index in [-0.39, 0.29) is 22.9 Å². The molecule has 0 aliphatic heterocycles. The van der Waals surface area contributed by atoms with Gasteiger partial charge in [0.1, 0.15) is 11.7 Å². The van der Waals surface area contributed by atoms with E-state index in [1.54, 1.807) is 13.0 Å². The van der Waals surface area contributed by atoms with Crippen molar-refractivity contribution in [2.75, 3.05) is 0 Å². The highest BCUT2D eigenvalue weighted by atomic mass is 16.3. The Balaban J connectivity index is 2.21. The largest absolute Gasteiger partial charge is 0.389 e. The minimum Gasteiger partial charge on any atom is -0.389 e. The number of aromatic nitrogens is 2. The molecule has 3 N–H and O–H groups in total. The van der Waals surface area contributed by atoms with Crippen LogP contribution < -0.4 is 10.6 Å². The lowest BCUT2D eigenvalue weighted by atomic mass is 9.48. The average molecular weight is 464 g/mol. The number of aliphatic hydroxyl groups is 1. The topological polar surface area (TPSA) is 104 Å². The van der Waals surface area contributed by atoms with Crippen LogP contribution in [0.1, 0.15) is 57.1 Å². The highest BCUT2D eigenvalue weighted by molar-refractivity contribution is 6.43. The zero-order valence-corrected chi connectivity index (χ0v) is 20.9. The monoisotopic (exact) mass is 464 g/mol. The number of carbonyl (C=O) groups excluding carboxylic acids is 2. The number of carbonyl (C=O) groups is 2. The summed E-state index contributed by atoms with van der Waals surface area (Å²) in [5.41, 5.74) is 1.11. The van der Waals surface area contributed by atoms with E-state index >= 15 is 0 Å². The number of benzene rings is 1. The van der Waals surface area contributed by atoms with Gasteiger partial charge in [0.25, 0.3) is 5.91 Å². The summed E-state index contributed by atoms with van der Waals surface area (Å²) in [4.78, 5) is 34.2. The van der Waals surface area contributed by atoms with E-state index in [0.717, 1.165) is 12.0 Å². The Morgan fingerprint density at radius 3 is 2.41 bits per heavy atom. The summed E-state index contributed by atoms with van der Waals surface area (Å²) >= 11 is 0. The summed E-state index contributed by atoms with van der Waals surface area (Å²) in [6, 6.07) is 8.84. The summed E-state index contributed by atoms with van der Waals surface area (Å²) in [5, 5.41) is 15.4. The normalized spacial score (nSPS) is 14.4. The molecule has 1 aromatic heterocycles. The molecule has 2 rings (SSSR count). The van der Waals surface area contributed by atoms with Crippen molar-refractivity contribution in [2.24, 2.45) is 5.92 Å². The summed E-state index contributed by atoms with van der Waals surface area (Å²) in [5.74, 6) is -0.386. The van der Waals surface area contributed by atoms with Gasteiger partial charge in [-0.25, -0.2) is 4.98 Å². The minimum absolute atomic E-state index is 0.0900. The van der Waals surface area contributed by atoms with Gasteiger partial charge in [-0.2, -0.15) is 0 Å². The van der Waals surface area contributed by atoms with E-state index in [1.165, 1.54) is 18.6 Å². The molecular formula is C26H37BN4O3. The van der Waals surface area contributed by atoms with Crippen molar-refractivity contribution in [1.29, 1.82) is 0 Å². The van der Waals surface area contributed by atoms with Gasteiger partial charge < -0.3 is 15.7 Å². The lowest BCUT2D eigenvalue weighted by Gasteiger charge is -2.29. The first-order chi connectivity index (χ1) is 16.1. The van der Waals surface area contributed by atoms with Gasteiger partial charge in [0.15, 0.2) is 7.28 Å². The molecule has 0 radical (unpaired) electrons. The maximum Gasteiger partial charge on any atom is 0.272 e.